The predicted octanol–water partition coefficient (Wildman–Crippen LogP) is 3.22. The van der Waals surface area contributed by atoms with E-state index in [9.17, 15) is 19.7 Å². The summed E-state index contributed by atoms with van der Waals surface area (Å²) in [4.78, 5) is 34.9. The summed E-state index contributed by atoms with van der Waals surface area (Å²) in [5.74, 6) is -0.706. The van der Waals surface area contributed by atoms with Crippen molar-refractivity contribution in [2.24, 2.45) is 0 Å². The standard InChI is InChI=1S/C20H18N2O7/c1-12-4-3-5-15(8-12)21-20(24)13(2)29-19(23)7-6-14-9-17-18(28-11-27-17)10-16(14)22(25)26/h3-10,13H,11H2,1-2H3,(H,21,24)/b7-6+/t13-/m1/s1. The first kappa shape index (κ1) is 19.9. The quantitative estimate of drug-likeness (QED) is 0.344. The number of nitrogens with zero attached hydrogens (tertiary/aromatic N) is 1. The van der Waals surface area contributed by atoms with Crippen LogP contribution in [0.15, 0.2) is 42.5 Å². The van der Waals surface area contributed by atoms with Crippen LogP contribution in [0.2, 0.25) is 0 Å². The second-order valence-corrected chi connectivity index (χ2v) is 6.29. The van der Waals surface area contributed by atoms with Crippen molar-refractivity contribution in [1.29, 1.82) is 0 Å². The lowest BCUT2D eigenvalue weighted by Gasteiger charge is -2.12. The van der Waals surface area contributed by atoms with Gasteiger partial charge in [-0.1, -0.05) is 12.1 Å². The van der Waals surface area contributed by atoms with Crippen LogP contribution in [-0.2, 0) is 14.3 Å². The molecule has 9 nitrogen and oxygen atoms in total. The summed E-state index contributed by atoms with van der Waals surface area (Å²) in [5, 5.41) is 13.9. The normalized spacial score (nSPS) is 13.2. The number of anilines is 1. The molecule has 2 aromatic rings. The van der Waals surface area contributed by atoms with Crippen LogP contribution in [0.1, 0.15) is 18.1 Å². The number of esters is 1. The van der Waals surface area contributed by atoms with Gasteiger partial charge in [0.05, 0.1) is 16.6 Å². The SMILES string of the molecule is Cc1cccc(NC(=O)[C@@H](C)OC(=O)/C=C/c2cc3c(cc2[N+](=O)[O-])OCO3)c1. The second kappa shape index (κ2) is 8.42. The van der Waals surface area contributed by atoms with Crippen molar-refractivity contribution >= 4 is 29.3 Å². The number of nitrogens with one attached hydrogen (secondary N) is 1. The minimum atomic E-state index is -1.06. The van der Waals surface area contributed by atoms with E-state index in [1.165, 1.54) is 25.1 Å². The molecular weight excluding hydrogens is 380 g/mol. The van der Waals surface area contributed by atoms with E-state index in [0.29, 0.717) is 11.4 Å². The molecule has 1 aliphatic heterocycles. The summed E-state index contributed by atoms with van der Waals surface area (Å²) >= 11 is 0. The highest BCUT2D eigenvalue weighted by Gasteiger charge is 2.22. The van der Waals surface area contributed by atoms with Crippen LogP contribution in [0.3, 0.4) is 0 Å². The fourth-order valence-electron chi connectivity index (χ4n) is 2.63. The van der Waals surface area contributed by atoms with Crippen molar-refractivity contribution in [3.63, 3.8) is 0 Å². The zero-order valence-electron chi connectivity index (χ0n) is 15.7. The van der Waals surface area contributed by atoms with Gasteiger partial charge < -0.3 is 19.5 Å². The van der Waals surface area contributed by atoms with E-state index in [1.807, 2.05) is 13.0 Å². The molecule has 1 aliphatic rings. The highest BCUT2D eigenvalue weighted by atomic mass is 16.7. The molecule has 0 bridgehead atoms. The number of rotatable bonds is 6. The lowest BCUT2D eigenvalue weighted by molar-refractivity contribution is -0.385. The number of aryl methyl sites for hydroxylation is 1. The van der Waals surface area contributed by atoms with Gasteiger partial charge in [-0.15, -0.1) is 0 Å². The highest BCUT2D eigenvalue weighted by Crippen LogP contribution is 2.38. The van der Waals surface area contributed by atoms with E-state index in [1.54, 1.807) is 18.2 Å². The van der Waals surface area contributed by atoms with Gasteiger partial charge in [-0.3, -0.25) is 14.9 Å². The Labute approximate surface area is 166 Å². The molecule has 1 heterocycles. The van der Waals surface area contributed by atoms with E-state index in [2.05, 4.69) is 5.32 Å². The van der Waals surface area contributed by atoms with Crippen molar-refractivity contribution in [3.05, 3.63) is 63.7 Å². The Bertz CT molecular complexity index is 1000. The molecule has 0 unspecified atom stereocenters. The van der Waals surface area contributed by atoms with Crippen LogP contribution < -0.4 is 14.8 Å². The zero-order valence-corrected chi connectivity index (χ0v) is 15.7. The zero-order chi connectivity index (χ0) is 21.0. The summed E-state index contributed by atoms with van der Waals surface area (Å²) < 4.78 is 15.4. The highest BCUT2D eigenvalue weighted by molar-refractivity contribution is 5.96. The van der Waals surface area contributed by atoms with Crippen LogP contribution in [0.5, 0.6) is 11.5 Å². The van der Waals surface area contributed by atoms with Gasteiger partial charge in [-0.25, -0.2) is 4.79 Å². The molecule has 1 N–H and O–H groups in total. The molecular formula is C20H18N2O7. The number of fused-ring (bicyclic) bond motifs is 1. The number of nitro groups is 1. The molecule has 0 fully saturated rings. The number of amides is 1. The number of hydrogen-bond donors (Lipinski definition) is 1. The molecule has 0 saturated carbocycles. The van der Waals surface area contributed by atoms with Gasteiger partial charge >= 0.3 is 5.97 Å². The summed E-state index contributed by atoms with van der Waals surface area (Å²) in [6.45, 7) is 3.29. The minimum Gasteiger partial charge on any atom is -0.454 e. The Balaban J connectivity index is 1.65. The summed E-state index contributed by atoms with van der Waals surface area (Å²) in [5.41, 5.74) is 1.46. The monoisotopic (exact) mass is 398 g/mol. The third-order valence-electron chi connectivity index (χ3n) is 4.07. The molecule has 2 aromatic carbocycles. The van der Waals surface area contributed by atoms with Gasteiger partial charge in [0, 0.05) is 11.8 Å². The Morgan fingerprint density at radius 2 is 1.97 bits per heavy atom. The van der Waals surface area contributed by atoms with E-state index in [-0.39, 0.29) is 23.8 Å². The van der Waals surface area contributed by atoms with E-state index >= 15 is 0 Å². The van der Waals surface area contributed by atoms with E-state index in [0.717, 1.165) is 11.6 Å². The van der Waals surface area contributed by atoms with Gasteiger partial charge in [-0.2, -0.15) is 0 Å². The third kappa shape index (κ3) is 4.89. The van der Waals surface area contributed by atoms with Crippen molar-refractivity contribution in [3.8, 4) is 11.5 Å². The number of ether oxygens (including phenoxy) is 3. The molecule has 150 valence electrons. The number of hydrogen-bond acceptors (Lipinski definition) is 7. The average Bonchev–Trinajstić information content (AvgIpc) is 3.12. The van der Waals surface area contributed by atoms with E-state index < -0.39 is 22.9 Å². The minimum absolute atomic E-state index is 0.0325. The molecule has 0 spiro atoms. The number of carbonyl (C=O) groups is 2. The van der Waals surface area contributed by atoms with Crippen LogP contribution in [0, 0.1) is 17.0 Å². The Morgan fingerprint density at radius 3 is 2.66 bits per heavy atom. The molecule has 0 aromatic heterocycles. The Morgan fingerprint density at radius 1 is 1.24 bits per heavy atom. The summed E-state index contributed by atoms with van der Waals surface area (Å²) in [6.07, 6.45) is 1.19. The van der Waals surface area contributed by atoms with Gasteiger partial charge in [0.2, 0.25) is 6.79 Å². The molecule has 9 heteroatoms. The fraction of sp³-hybridized carbons (Fsp3) is 0.200. The van der Waals surface area contributed by atoms with E-state index in [4.69, 9.17) is 14.2 Å². The fourth-order valence-corrected chi connectivity index (χ4v) is 2.63. The van der Waals surface area contributed by atoms with Gasteiger partial charge in [0.25, 0.3) is 11.6 Å². The number of benzene rings is 2. The molecule has 0 aliphatic carbocycles. The van der Waals surface area contributed by atoms with Crippen molar-refractivity contribution in [2.45, 2.75) is 20.0 Å². The molecule has 3 rings (SSSR count). The first-order valence-corrected chi connectivity index (χ1v) is 8.68. The third-order valence-corrected chi connectivity index (χ3v) is 4.07. The smallest absolute Gasteiger partial charge is 0.331 e. The average molecular weight is 398 g/mol. The molecule has 1 amide bonds. The maximum atomic E-state index is 12.2. The molecule has 29 heavy (non-hydrogen) atoms. The van der Waals surface area contributed by atoms with Gasteiger partial charge in [-0.05, 0) is 43.7 Å². The van der Waals surface area contributed by atoms with Crippen molar-refractivity contribution in [1.82, 2.24) is 0 Å². The summed E-state index contributed by atoms with van der Waals surface area (Å²) in [6, 6.07) is 9.81. The van der Waals surface area contributed by atoms with Gasteiger partial charge in [0.1, 0.15) is 0 Å². The first-order chi connectivity index (χ1) is 13.8. The largest absolute Gasteiger partial charge is 0.454 e. The maximum Gasteiger partial charge on any atom is 0.331 e. The van der Waals surface area contributed by atoms with Crippen LogP contribution in [-0.4, -0.2) is 29.7 Å². The van der Waals surface area contributed by atoms with Crippen molar-refractivity contribution < 1.29 is 28.7 Å². The predicted molar refractivity (Wildman–Crippen MR) is 104 cm³/mol. The van der Waals surface area contributed by atoms with Crippen LogP contribution in [0.4, 0.5) is 11.4 Å². The molecule has 0 radical (unpaired) electrons. The summed E-state index contributed by atoms with van der Waals surface area (Å²) in [7, 11) is 0. The lowest BCUT2D eigenvalue weighted by atomic mass is 10.1. The number of nitro benzene ring substituents is 1. The number of carbonyl (C=O) groups excluding carboxylic acids is 2. The maximum absolute atomic E-state index is 12.2. The van der Waals surface area contributed by atoms with Crippen LogP contribution in [0.25, 0.3) is 6.08 Å². The second-order valence-electron chi connectivity index (χ2n) is 6.29. The van der Waals surface area contributed by atoms with Crippen LogP contribution >= 0.6 is 0 Å². The first-order valence-electron chi connectivity index (χ1n) is 8.68. The Kier molecular flexibility index (Phi) is 5.77. The molecule has 0 saturated heterocycles. The molecule has 1 atom stereocenters. The van der Waals surface area contributed by atoms with Crippen molar-refractivity contribution in [2.75, 3.05) is 12.1 Å². The lowest BCUT2D eigenvalue weighted by Crippen LogP contribution is -2.29. The topological polar surface area (TPSA) is 117 Å². The Hall–Kier alpha value is -3.88. The van der Waals surface area contributed by atoms with Gasteiger partial charge in [0.15, 0.2) is 17.6 Å².